The first kappa shape index (κ1) is 16.9. The number of benzene rings is 1. The van der Waals surface area contributed by atoms with Gasteiger partial charge in [-0.25, -0.2) is 4.98 Å². The van der Waals surface area contributed by atoms with Gasteiger partial charge in [-0.3, -0.25) is 9.59 Å². The van der Waals surface area contributed by atoms with E-state index in [4.69, 9.17) is 11.6 Å². The van der Waals surface area contributed by atoms with Crippen LogP contribution in [-0.2, 0) is 4.79 Å². The Morgan fingerprint density at radius 2 is 2.12 bits per heavy atom. The largest absolute Gasteiger partial charge is 0.324 e. The zero-order chi connectivity index (χ0) is 17.4. The number of amides is 2. The van der Waals surface area contributed by atoms with Gasteiger partial charge in [0, 0.05) is 23.3 Å². The van der Waals surface area contributed by atoms with E-state index in [1.807, 2.05) is 32.9 Å². The van der Waals surface area contributed by atoms with Crippen molar-refractivity contribution < 1.29 is 9.59 Å². The molecule has 1 aliphatic heterocycles. The molecule has 1 aliphatic rings. The van der Waals surface area contributed by atoms with Crippen molar-refractivity contribution in [3.05, 3.63) is 44.9 Å². The molecule has 7 heteroatoms. The van der Waals surface area contributed by atoms with Gasteiger partial charge in [0.1, 0.15) is 11.4 Å². The average molecular weight is 364 g/mol. The Morgan fingerprint density at radius 3 is 2.75 bits per heavy atom. The molecule has 0 spiro atoms. The number of thiazole rings is 1. The fraction of sp³-hybridized carbons (Fsp3) is 0.353. The number of carbonyl (C=O) groups excluding carboxylic acids is 2. The lowest BCUT2D eigenvalue weighted by Gasteiger charge is -2.39. The number of piperazine rings is 1. The monoisotopic (exact) mass is 363 g/mol. The highest BCUT2D eigenvalue weighted by atomic mass is 35.5. The second-order valence-corrected chi connectivity index (χ2v) is 7.55. The molecule has 2 aromatic rings. The highest BCUT2D eigenvalue weighted by Crippen LogP contribution is 2.26. The molecule has 1 aromatic heterocycles. The molecule has 5 nitrogen and oxygen atoms in total. The molecular formula is C17H18ClN3O2S. The van der Waals surface area contributed by atoms with E-state index in [0.29, 0.717) is 16.4 Å². The average Bonchev–Trinajstić information content (AvgIpc) is 2.87. The molecule has 0 bridgehead atoms. The molecule has 126 valence electrons. The number of hydrogen-bond donors (Lipinski definition) is 0. The van der Waals surface area contributed by atoms with Crippen LogP contribution >= 0.6 is 22.9 Å². The summed E-state index contributed by atoms with van der Waals surface area (Å²) >= 11 is 7.39. The van der Waals surface area contributed by atoms with Gasteiger partial charge in [-0.15, -0.1) is 11.3 Å². The van der Waals surface area contributed by atoms with Crippen molar-refractivity contribution in [3.63, 3.8) is 0 Å². The highest BCUT2D eigenvalue weighted by Gasteiger charge is 2.34. The minimum absolute atomic E-state index is 0.0584. The molecule has 1 saturated heterocycles. The van der Waals surface area contributed by atoms with E-state index in [1.54, 1.807) is 21.9 Å². The Balaban J connectivity index is 1.82. The zero-order valence-corrected chi connectivity index (χ0v) is 15.3. The minimum Gasteiger partial charge on any atom is -0.324 e. The first-order chi connectivity index (χ1) is 11.4. The topological polar surface area (TPSA) is 53.5 Å². The molecule has 0 unspecified atom stereocenters. The fourth-order valence-electron chi connectivity index (χ4n) is 2.88. The number of aromatic nitrogens is 1. The predicted molar refractivity (Wildman–Crippen MR) is 95.9 cm³/mol. The standard InChI is InChI=1S/C17H18ClN3O2S/c1-10-8-21(14-6-4-5-13(18)7-14)15(22)9-20(10)17(23)16-11(2)19-12(3)24-16/h4-7,10H,8-9H2,1-3H3/t10-/m1/s1. The molecule has 0 aliphatic carbocycles. The zero-order valence-electron chi connectivity index (χ0n) is 13.7. The molecule has 1 fully saturated rings. The lowest BCUT2D eigenvalue weighted by molar-refractivity contribution is -0.121. The van der Waals surface area contributed by atoms with Crippen molar-refractivity contribution in [2.75, 3.05) is 18.0 Å². The SMILES string of the molecule is Cc1nc(C)c(C(=O)N2CC(=O)N(c3cccc(Cl)c3)C[C@H]2C)s1. The van der Waals surface area contributed by atoms with E-state index in [9.17, 15) is 9.59 Å². The summed E-state index contributed by atoms with van der Waals surface area (Å²) in [4.78, 5) is 33.6. The predicted octanol–water partition coefficient (Wildman–Crippen LogP) is 3.29. The van der Waals surface area contributed by atoms with Crippen molar-refractivity contribution >= 4 is 40.4 Å². The molecule has 2 amide bonds. The van der Waals surface area contributed by atoms with E-state index >= 15 is 0 Å². The summed E-state index contributed by atoms with van der Waals surface area (Å²) in [5.74, 6) is -0.229. The molecular weight excluding hydrogens is 346 g/mol. The summed E-state index contributed by atoms with van der Waals surface area (Å²) < 4.78 is 0. The third-order valence-electron chi connectivity index (χ3n) is 4.06. The van der Waals surface area contributed by atoms with E-state index in [-0.39, 0.29) is 24.4 Å². The maximum Gasteiger partial charge on any atom is 0.266 e. The van der Waals surface area contributed by atoms with Crippen molar-refractivity contribution in [2.24, 2.45) is 0 Å². The van der Waals surface area contributed by atoms with Gasteiger partial charge in [0.2, 0.25) is 5.91 Å². The molecule has 2 heterocycles. The number of rotatable bonds is 2. The van der Waals surface area contributed by atoms with Gasteiger partial charge in [-0.2, -0.15) is 0 Å². The van der Waals surface area contributed by atoms with E-state index in [0.717, 1.165) is 16.4 Å². The van der Waals surface area contributed by atoms with E-state index < -0.39 is 0 Å². The van der Waals surface area contributed by atoms with Crippen LogP contribution < -0.4 is 4.90 Å². The Morgan fingerprint density at radius 1 is 1.38 bits per heavy atom. The smallest absolute Gasteiger partial charge is 0.266 e. The van der Waals surface area contributed by atoms with Crippen LogP contribution in [0.2, 0.25) is 5.02 Å². The quantitative estimate of drug-likeness (QED) is 0.822. The number of hydrogen-bond acceptors (Lipinski definition) is 4. The fourth-order valence-corrected chi connectivity index (χ4v) is 3.94. The molecule has 1 atom stereocenters. The maximum atomic E-state index is 12.8. The van der Waals surface area contributed by atoms with Crippen LogP contribution in [0.25, 0.3) is 0 Å². The molecule has 1 aromatic carbocycles. The third-order valence-corrected chi connectivity index (χ3v) is 5.36. The van der Waals surface area contributed by atoms with Crippen LogP contribution in [0.1, 0.15) is 27.3 Å². The van der Waals surface area contributed by atoms with E-state index in [2.05, 4.69) is 4.98 Å². The summed E-state index contributed by atoms with van der Waals surface area (Å²) in [6.45, 7) is 6.15. The van der Waals surface area contributed by atoms with Crippen LogP contribution in [0.5, 0.6) is 0 Å². The second-order valence-electron chi connectivity index (χ2n) is 5.91. The van der Waals surface area contributed by atoms with Crippen molar-refractivity contribution in [2.45, 2.75) is 26.8 Å². The first-order valence-electron chi connectivity index (χ1n) is 7.67. The Bertz CT molecular complexity index is 805. The van der Waals surface area contributed by atoms with Crippen molar-refractivity contribution in [1.29, 1.82) is 0 Å². The number of aryl methyl sites for hydroxylation is 2. The van der Waals surface area contributed by atoms with Gasteiger partial charge in [-0.1, -0.05) is 17.7 Å². The van der Waals surface area contributed by atoms with Gasteiger partial charge in [0.25, 0.3) is 5.91 Å². The molecule has 24 heavy (non-hydrogen) atoms. The number of carbonyl (C=O) groups is 2. The summed E-state index contributed by atoms with van der Waals surface area (Å²) in [7, 11) is 0. The number of halogens is 1. The van der Waals surface area contributed by atoms with Gasteiger partial charge in [0.05, 0.1) is 10.7 Å². The normalized spacial score (nSPS) is 18.2. The van der Waals surface area contributed by atoms with Gasteiger partial charge in [-0.05, 0) is 39.0 Å². The summed E-state index contributed by atoms with van der Waals surface area (Å²) in [5.41, 5.74) is 1.48. The summed E-state index contributed by atoms with van der Waals surface area (Å²) in [6, 6.07) is 7.12. The second kappa shape index (κ2) is 6.53. The number of nitrogens with zero attached hydrogens (tertiary/aromatic N) is 3. The maximum absolute atomic E-state index is 12.8. The molecule has 3 rings (SSSR count). The summed E-state index contributed by atoms with van der Waals surface area (Å²) in [6.07, 6.45) is 0. The minimum atomic E-state index is -0.121. The Hall–Kier alpha value is -1.92. The van der Waals surface area contributed by atoms with Gasteiger partial charge in [0.15, 0.2) is 0 Å². The molecule has 0 saturated carbocycles. The van der Waals surface area contributed by atoms with Crippen LogP contribution in [0.4, 0.5) is 5.69 Å². The van der Waals surface area contributed by atoms with Crippen LogP contribution in [0.15, 0.2) is 24.3 Å². The Labute approximate surface area is 149 Å². The van der Waals surface area contributed by atoms with Gasteiger partial charge >= 0.3 is 0 Å². The first-order valence-corrected chi connectivity index (χ1v) is 8.87. The van der Waals surface area contributed by atoms with Crippen LogP contribution in [-0.4, -0.2) is 40.8 Å². The van der Waals surface area contributed by atoms with Crippen LogP contribution in [0, 0.1) is 13.8 Å². The molecule has 0 radical (unpaired) electrons. The Kier molecular flexibility index (Phi) is 4.60. The highest BCUT2D eigenvalue weighted by molar-refractivity contribution is 7.13. The summed E-state index contributed by atoms with van der Waals surface area (Å²) in [5, 5.41) is 1.44. The lowest BCUT2D eigenvalue weighted by Crippen LogP contribution is -2.57. The van der Waals surface area contributed by atoms with Crippen LogP contribution in [0.3, 0.4) is 0 Å². The molecule has 0 N–H and O–H groups in total. The third kappa shape index (κ3) is 3.16. The number of anilines is 1. The van der Waals surface area contributed by atoms with Crippen molar-refractivity contribution in [1.82, 2.24) is 9.88 Å². The van der Waals surface area contributed by atoms with Gasteiger partial charge < -0.3 is 9.80 Å². The lowest BCUT2D eigenvalue weighted by atomic mass is 10.1. The van der Waals surface area contributed by atoms with E-state index in [1.165, 1.54) is 11.3 Å². The van der Waals surface area contributed by atoms with Crippen molar-refractivity contribution in [3.8, 4) is 0 Å².